The summed E-state index contributed by atoms with van der Waals surface area (Å²) < 4.78 is 21.9. The van der Waals surface area contributed by atoms with E-state index in [1.165, 1.54) is 0 Å². The normalized spacial score (nSPS) is 11.5. The number of rotatable bonds is 20. The Hall–Kier alpha value is -4.10. The lowest BCUT2D eigenvalue weighted by atomic mass is 10.0. The maximum atomic E-state index is 12.7. The van der Waals surface area contributed by atoms with Crippen LogP contribution in [0, 0.1) is 5.92 Å². The van der Waals surface area contributed by atoms with Crippen molar-refractivity contribution >= 4 is 29.5 Å². The third kappa shape index (κ3) is 14.5. The van der Waals surface area contributed by atoms with Gasteiger partial charge in [-0.05, 0) is 105 Å². The van der Waals surface area contributed by atoms with E-state index in [1.807, 2.05) is 38.1 Å². The van der Waals surface area contributed by atoms with Crippen molar-refractivity contribution in [2.24, 2.45) is 5.92 Å². The highest BCUT2D eigenvalue weighted by atomic mass is 35.5. The van der Waals surface area contributed by atoms with Gasteiger partial charge in [0, 0.05) is 5.57 Å². The van der Waals surface area contributed by atoms with Gasteiger partial charge >= 0.3 is 17.9 Å². The summed E-state index contributed by atoms with van der Waals surface area (Å²) in [7, 11) is 0. The number of unbranched alkanes of at least 4 members (excludes halogenated alkanes) is 5. The van der Waals surface area contributed by atoms with E-state index in [1.54, 1.807) is 55.5 Å². The zero-order valence-electron chi connectivity index (χ0n) is 27.8. The van der Waals surface area contributed by atoms with Crippen LogP contribution in [0.3, 0.4) is 0 Å². The summed E-state index contributed by atoms with van der Waals surface area (Å²) in [5.74, 6) is 0.817. The number of benzene rings is 3. The molecule has 0 N–H and O–H groups in total. The summed E-state index contributed by atoms with van der Waals surface area (Å²) >= 11 is 6.13. The predicted octanol–water partition coefficient (Wildman–Crippen LogP) is 9.09. The van der Waals surface area contributed by atoms with Crippen molar-refractivity contribution in [3.05, 3.63) is 102 Å². The quantitative estimate of drug-likeness (QED) is 0.0392. The first-order chi connectivity index (χ1) is 22.6. The van der Waals surface area contributed by atoms with Crippen LogP contribution in [-0.4, -0.2) is 36.5 Å². The molecule has 1 atom stereocenters. The molecular weight excluding hydrogens is 616 g/mol. The van der Waals surface area contributed by atoms with E-state index in [9.17, 15) is 14.4 Å². The number of halogens is 1. The molecule has 0 spiro atoms. The summed E-state index contributed by atoms with van der Waals surface area (Å²) in [6, 6.07) is 21.9. The van der Waals surface area contributed by atoms with Crippen molar-refractivity contribution in [2.75, 3.05) is 13.2 Å². The van der Waals surface area contributed by atoms with E-state index in [4.69, 9.17) is 30.5 Å². The first kappa shape index (κ1) is 37.4. The van der Waals surface area contributed by atoms with E-state index in [0.29, 0.717) is 53.9 Å². The zero-order chi connectivity index (χ0) is 34.0. The van der Waals surface area contributed by atoms with Crippen LogP contribution in [0.15, 0.2) is 84.9 Å². The number of carbonyl (C=O) groups excluding carboxylic acids is 3. The monoisotopic (exact) mass is 662 g/mol. The van der Waals surface area contributed by atoms with Crippen LogP contribution < -0.4 is 14.2 Å². The van der Waals surface area contributed by atoms with Crippen molar-refractivity contribution in [3.63, 3.8) is 0 Å². The topological polar surface area (TPSA) is 88.1 Å². The number of hydrogen-bond donors (Lipinski definition) is 0. The number of hydrogen-bond acceptors (Lipinski definition) is 7. The third-order valence-electron chi connectivity index (χ3n) is 7.39. The maximum absolute atomic E-state index is 12.7. The van der Waals surface area contributed by atoms with Gasteiger partial charge in [0.05, 0.1) is 18.8 Å². The Kier molecular flexibility index (Phi) is 16.1. The summed E-state index contributed by atoms with van der Waals surface area (Å²) in [6.07, 6.45) is 8.29. The summed E-state index contributed by atoms with van der Waals surface area (Å²) in [5.41, 5.74) is 3.11. The Morgan fingerprint density at radius 1 is 0.681 bits per heavy atom. The Morgan fingerprint density at radius 3 is 1.70 bits per heavy atom. The first-order valence-corrected chi connectivity index (χ1v) is 16.9. The van der Waals surface area contributed by atoms with Crippen LogP contribution in [0.25, 0.3) is 0 Å². The second-order valence-electron chi connectivity index (χ2n) is 12.1. The minimum Gasteiger partial charge on any atom is -0.494 e. The van der Waals surface area contributed by atoms with Gasteiger partial charge in [0.1, 0.15) is 22.6 Å². The van der Waals surface area contributed by atoms with Gasteiger partial charge < -0.3 is 18.9 Å². The second-order valence-corrected chi connectivity index (χ2v) is 12.6. The second kappa shape index (κ2) is 20.2. The smallest absolute Gasteiger partial charge is 0.343 e. The number of ether oxygens (including phenoxy) is 4. The molecule has 0 saturated heterocycles. The van der Waals surface area contributed by atoms with Gasteiger partial charge in [-0.3, -0.25) is 4.79 Å². The fourth-order valence-corrected chi connectivity index (χ4v) is 5.07. The lowest BCUT2D eigenvalue weighted by Gasteiger charge is -2.12. The van der Waals surface area contributed by atoms with Gasteiger partial charge in [-0.15, -0.1) is 11.6 Å². The number of esters is 3. The van der Waals surface area contributed by atoms with Crippen LogP contribution in [0.4, 0.5) is 0 Å². The largest absolute Gasteiger partial charge is 0.494 e. The van der Waals surface area contributed by atoms with E-state index < -0.39 is 17.3 Å². The molecule has 252 valence electrons. The third-order valence-corrected chi connectivity index (χ3v) is 7.75. The summed E-state index contributed by atoms with van der Waals surface area (Å²) in [4.78, 5) is 36.1. The lowest BCUT2D eigenvalue weighted by Crippen LogP contribution is -2.22. The summed E-state index contributed by atoms with van der Waals surface area (Å²) in [6.45, 7) is 10.3. The van der Waals surface area contributed by atoms with Crippen LogP contribution >= 0.6 is 11.6 Å². The molecule has 0 aliphatic carbocycles. The van der Waals surface area contributed by atoms with Crippen molar-refractivity contribution in [2.45, 2.75) is 83.9 Å². The Bertz CT molecular complexity index is 1410. The van der Waals surface area contributed by atoms with Gasteiger partial charge in [-0.2, -0.15) is 0 Å². The molecular formula is C39H47ClO7. The summed E-state index contributed by atoms with van der Waals surface area (Å²) in [5, 5.41) is -0.653. The predicted molar refractivity (Wildman–Crippen MR) is 185 cm³/mol. The number of aryl methyl sites for hydroxylation is 2. The Balaban J connectivity index is 1.31. The minimum absolute atomic E-state index is 0.315. The van der Waals surface area contributed by atoms with E-state index in [-0.39, 0.29) is 5.97 Å². The molecule has 47 heavy (non-hydrogen) atoms. The molecule has 8 heteroatoms. The van der Waals surface area contributed by atoms with Gasteiger partial charge in [0.2, 0.25) is 0 Å². The van der Waals surface area contributed by atoms with Gasteiger partial charge in [0.25, 0.3) is 0 Å². The lowest BCUT2D eigenvalue weighted by molar-refractivity contribution is -0.139. The maximum Gasteiger partial charge on any atom is 0.343 e. The molecule has 0 aliphatic rings. The van der Waals surface area contributed by atoms with E-state index in [0.717, 1.165) is 62.5 Å². The molecule has 7 nitrogen and oxygen atoms in total. The SMILES string of the molecule is C=C(C)C(=O)OCCCCCCCCOc1ccc(C(=O)Oc2ccc(CCc3ccc(OC(=O)[C@@H](Cl)CC(C)C)cc3)cc2)cc1. The molecule has 0 radical (unpaired) electrons. The van der Waals surface area contributed by atoms with Crippen molar-refractivity contribution in [3.8, 4) is 17.2 Å². The molecule has 3 aromatic rings. The molecule has 3 aromatic carbocycles. The molecule has 0 aliphatic heterocycles. The molecule has 0 fully saturated rings. The minimum atomic E-state index is -0.653. The standard InChI is InChI=1S/C39H47ClO7/c1-28(2)27-36(40)39(43)47-35-21-15-31(16-22-35)12-11-30-13-19-34(20-14-30)46-38(42)32-17-23-33(24-18-32)44-25-9-7-5-6-8-10-26-45-37(41)29(3)4/h13-24,28,36H,3,5-12,25-27H2,1-2,4H3/t36-/m0/s1. The highest BCUT2D eigenvalue weighted by Crippen LogP contribution is 2.20. The molecule has 0 amide bonds. The zero-order valence-corrected chi connectivity index (χ0v) is 28.6. The first-order valence-electron chi connectivity index (χ1n) is 16.4. The molecule has 0 heterocycles. The van der Waals surface area contributed by atoms with Crippen LogP contribution in [0.2, 0.25) is 0 Å². The molecule has 0 bridgehead atoms. The highest BCUT2D eigenvalue weighted by Gasteiger charge is 2.19. The van der Waals surface area contributed by atoms with Gasteiger partial charge in [-0.25, -0.2) is 9.59 Å². The fraction of sp³-hybridized carbons (Fsp3) is 0.410. The average molecular weight is 663 g/mol. The van der Waals surface area contributed by atoms with Crippen molar-refractivity contribution in [1.82, 2.24) is 0 Å². The van der Waals surface area contributed by atoms with E-state index in [2.05, 4.69) is 6.58 Å². The van der Waals surface area contributed by atoms with Crippen LogP contribution in [0.5, 0.6) is 17.2 Å². The average Bonchev–Trinajstić information content (AvgIpc) is 3.05. The van der Waals surface area contributed by atoms with Crippen molar-refractivity contribution in [1.29, 1.82) is 0 Å². The fourth-order valence-electron chi connectivity index (χ4n) is 4.67. The van der Waals surface area contributed by atoms with Crippen LogP contribution in [0.1, 0.15) is 87.2 Å². The number of carbonyl (C=O) groups is 3. The van der Waals surface area contributed by atoms with Gasteiger partial charge in [0.15, 0.2) is 0 Å². The van der Waals surface area contributed by atoms with E-state index >= 15 is 0 Å². The Labute approximate surface area is 284 Å². The van der Waals surface area contributed by atoms with Crippen LogP contribution in [-0.2, 0) is 27.2 Å². The number of alkyl halides is 1. The molecule has 0 aromatic heterocycles. The van der Waals surface area contributed by atoms with Gasteiger partial charge in [-0.1, -0.05) is 70.4 Å². The Morgan fingerprint density at radius 2 is 1.17 bits per heavy atom. The van der Waals surface area contributed by atoms with Crippen molar-refractivity contribution < 1.29 is 33.3 Å². The molecule has 0 saturated carbocycles. The highest BCUT2D eigenvalue weighted by molar-refractivity contribution is 6.30. The molecule has 3 rings (SSSR count). The molecule has 0 unspecified atom stereocenters.